The Morgan fingerprint density at radius 2 is 2.17 bits per heavy atom. The Morgan fingerprint density at radius 3 is 2.72 bits per heavy atom. The molecule has 1 aromatic rings. The topological polar surface area (TPSA) is 66.3 Å². The van der Waals surface area contributed by atoms with Crippen molar-refractivity contribution in [3.8, 4) is 0 Å². The number of hydrogen-bond acceptors (Lipinski definition) is 5. The fourth-order valence-electron chi connectivity index (χ4n) is 1.99. The molecule has 1 aliphatic rings. The van der Waals surface area contributed by atoms with Gasteiger partial charge in [0.25, 0.3) is 0 Å². The smallest absolute Gasteiger partial charge is 0.306 e. The fraction of sp³-hybridized carbons (Fsp3) is 0.545. The zero-order valence-electron chi connectivity index (χ0n) is 9.97. The quantitative estimate of drug-likeness (QED) is 0.522. The number of piperidine rings is 1. The van der Waals surface area contributed by atoms with Gasteiger partial charge in [0.05, 0.1) is 5.92 Å². The van der Waals surface area contributed by atoms with Crippen LogP contribution in [-0.4, -0.2) is 40.4 Å². The molecule has 1 aromatic heterocycles. The molecule has 0 amide bonds. The predicted molar refractivity (Wildman–Crippen MR) is 71.4 cm³/mol. The lowest BCUT2D eigenvalue weighted by Crippen LogP contribution is -2.36. The molecule has 0 saturated carbocycles. The van der Waals surface area contributed by atoms with Gasteiger partial charge in [-0.1, -0.05) is 23.4 Å². The van der Waals surface area contributed by atoms with Gasteiger partial charge in [-0.3, -0.25) is 4.79 Å². The van der Waals surface area contributed by atoms with E-state index in [1.54, 1.807) is 6.07 Å². The fourth-order valence-corrected chi connectivity index (χ4v) is 2.60. The van der Waals surface area contributed by atoms with E-state index < -0.39 is 5.97 Å². The van der Waals surface area contributed by atoms with Crippen LogP contribution in [0.1, 0.15) is 12.8 Å². The van der Waals surface area contributed by atoms with Crippen molar-refractivity contribution in [1.82, 2.24) is 9.97 Å². The van der Waals surface area contributed by atoms with Crippen molar-refractivity contribution in [2.75, 3.05) is 24.2 Å². The Bertz CT molecular complexity index is 450. The van der Waals surface area contributed by atoms with Crippen LogP contribution in [0.3, 0.4) is 0 Å². The Balaban J connectivity index is 2.09. The highest BCUT2D eigenvalue weighted by Gasteiger charge is 2.25. The molecule has 7 heteroatoms. The number of aromatic nitrogens is 2. The molecule has 1 N–H and O–H groups in total. The molecular weight excluding hydrogens is 274 g/mol. The Hall–Kier alpha value is -1.01. The standard InChI is InChI=1S/C11H14ClN3O2S/c1-18-11-13-8(12)6-9(14-11)15-4-2-7(3-5-15)10(16)17/h6-7H,2-5H2,1H3,(H,16,17). The second kappa shape index (κ2) is 5.75. The summed E-state index contributed by atoms with van der Waals surface area (Å²) in [6, 6.07) is 1.72. The Labute approximate surface area is 115 Å². The van der Waals surface area contributed by atoms with Crippen molar-refractivity contribution in [3.63, 3.8) is 0 Å². The molecule has 2 heterocycles. The molecule has 0 aromatic carbocycles. The second-order valence-corrected chi connectivity index (χ2v) is 5.30. The first-order chi connectivity index (χ1) is 8.60. The van der Waals surface area contributed by atoms with Crippen LogP contribution >= 0.6 is 23.4 Å². The number of anilines is 1. The maximum atomic E-state index is 10.9. The minimum Gasteiger partial charge on any atom is -0.481 e. The van der Waals surface area contributed by atoms with Gasteiger partial charge in [0.2, 0.25) is 0 Å². The maximum absolute atomic E-state index is 10.9. The minimum absolute atomic E-state index is 0.237. The van der Waals surface area contributed by atoms with E-state index in [0.29, 0.717) is 36.2 Å². The SMILES string of the molecule is CSc1nc(Cl)cc(N2CCC(C(=O)O)CC2)n1. The highest BCUT2D eigenvalue weighted by molar-refractivity contribution is 7.98. The van der Waals surface area contributed by atoms with E-state index in [9.17, 15) is 4.79 Å². The molecule has 0 bridgehead atoms. The molecule has 0 unspecified atom stereocenters. The first-order valence-electron chi connectivity index (χ1n) is 5.66. The van der Waals surface area contributed by atoms with E-state index in [4.69, 9.17) is 16.7 Å². The largest absolute Gasteiger partial charge is 0.481 e. The third-order valence-electron chi connectivity index (χ3n) is 3.01. The number of carboxylic acids is 1. The minimum atomic E-state index is -0.708. The highest BCUT2D eigenvalue weighted by atomic mass is 35.5. The first-order valence-corrected chi connectivity index (χ1v) is 7.26. The summed E-state index contributed by atoms with van der Waals surface area (Å²) >= 11 is 7.38. The molecule has 98 valence electrons. The van der Waals surface area contributed by atoms with Gasteiger partial charge in [0, 0.05) is 19.2 Å². The summed E-state index contributed by atoms with van der Waals surface area (Å²) in [4.78, 5) is 21.4. The van der Waals surface area contributed by atoms with Crippen molar-refractivity contribution >= 4 is 35.1 Å². The van der Waals surface area contributed by atoms with E-state index in [0.717, 1.165) is 5.82 Å². The van der Waals surface area contributed by atoms with Gasteiger partial charge in [-0.05, 0) is 19.1 Å². The summed E-state index contributed by atoms with van der Waals surface area (Å²) in [6.07, 6.45) is 3.18. The average molecular weight is 288 g/mol. The Kier molecular flexibility index (Phi) is 4.29. The lowest BCUT2D eigenvalue weighted by Gasteiger charge is -2.31. The highest BCUT2D eigenvalue weighted by Crippen LogP contribution is 2.25. The van der Waals surface area contributed by atoms with Gasteiger partial charge in [0.15, 0.2) is 5.16 Å². The van der Waals surface area contributed by atoms with Gasteiger partial charge in [-0.25, -0.2) is 9.97 Å². The summed E-state index contributed by atoms with van der Waals surface area (Å²) in [5, 5.41) is 10.0. The van der Waals surface area contributed by atoms with Crippen molar-refractivity contribution < 1.29 is 9.90 Å². The van der Waals surface area contributed by atoms with Gasteiger partial charge >= 0.3 is 5.97 Å². The van der Waals surface area contributed by atoms with Gasteiger partial charge in [0.1, 0.15) is 11.0 Å². The van der Waals surface area contributed by atoms with Crippen molar-refractivity contribution in [3.05, 3.63) is 11.2 Å². The van der Waals surface area contributed by atoms with Crippen LogP contribution in [-0.2, 0) is 4.79 Å². The number of carbonyl (C=O) groups is 1. The summed E-state index contributed by atoms with van der Waals surface area (Å²) in [7, 11) is 0. The van der Waals surface area contributed by atoms with Crippen LogP contribution in [0.5, 0.6) is 0 Å². The number of hydrogen-bond donors (Lipinski definition) is 1. The average Bonchev–Trinajstić information content (AvgIpc) is 2.38. The van der Waals surface area contributed by atoms with E-state index >= 15 is 0 Å². The third-order valence-corrected chi connectivity index (χ3v) is 3.75. The van der Waals surface area contributed by atoms with Crippen molar-refractivity contribution in [2.24, 2.45) is 5.92 Å². The van der Waals surface area contributed by atoms with Gasteiger partial charge in [-0.2, -0.15) is 0 Å². The number of thioether (sulfide) groups is 1. The van der Waals surface area contributed by atoms with Crippen LogP contribution in [0, 0.1) is 5.92 Å². The van der Waals surface area contributed by atoms with Crippen LogP contribution in [0.2, 0.25) is 5.15 Å². The maximum Gasteiger partial charge on any atom is 0.306 e. The molecule has 5 nitrogen and oxygen atoms in total. The molecule has 0 aliphatic carbocycles. The molecule has 1 aliphatic heterocycles. The molecular formula is C11H14ClN3O2S. The normalized spacial score (nSPS) is 16.9. The number of nitrogens with zero attached hydrogens (tertiary/aromatic N) is 3. The predicted octanol–water partition coefficient (Wildman–Crippen LogP) is 2.15. The van der Waals surface area contributed by atoms with Gasteiger partial charge < -0.3 is 10.0 Å². The number of rotatable bonds is 3. The molecule has 0 radical (unpaired) electrons. The summed E-state index contributed by atoms with van der Waals surface area (Å²) in [5.74, 6) is -0.165. The second-order valence-electron chi connectivity index (χ2n) is 4.14. The number of carboxylic acid groups (broad SMARTS) is 1. The van der Waals surface area contributed by atoms with E-state index in [2.05, 4.69) is 14.9 Å². The lowest BCUT2D eigenvalue weighted by atomic mass is 9.97. The zero-order chi connectivity index (χ0) is 13.1. The number of aliphatic carboxylic acids is 1. The van der Waals surface area contributed by atoms with Crippen LogP contribution in [0.15, 0.2) is 11.2 Å². The summed E-state index contributed by atoms with van der Waals surface area (Å²) in [6.45, 7) is 1.39. The van der Waals surface area contributed by atoms with E-state index in [-0.39, 0.29) is 5.92 Å². The Morgan fingerprint density at radius 1 is 1.50 bits per heavy atom. The number of halogens is 1. The molecule has 1 fully saturated rings. The van der Waals surface area contributed by atoms with Crippen molar-refractivity contribution in [1.29, 1.82) is 0 Å². The summed E-state index contributed by atoms with van der Waals surface area (Å²) in [5.41, 5.74) is 0. The third kappa shape index (κ3) is 3.05. The van der Waals surface area contributed by atoms with E-state index in [1.807, 2.05) is 6.26 Å². The van der Waals surface area contributed by atoms with E-state index in [1.165, 1.54) is 11.8 Å². The van der Waals surface area contributed by atoms with Gasteiger partial charge in [-0.15, -0.1) is 0 Å². The summed E-state index contributed by atoms with van der Waals surface area (Å²) < 4.78 is 0. The molecule has 0 atom stereocenters. The lowest BCUT2D eigenvalue weighted by molar-refractivity contribution is -0.142. The molecule has 1 saturated heterocycles. The van der Waals surface area contributed by atoms with Crippen LogP contribution < -0.4 is 4.90 Å². The molecule has 0 spiro atoms. The molecule has 2 rings (SSSR count). The zero-order valence-corrected chi connectivity index (χ0v) is 11.5. The van der Waals surface area contributed by atoms with Crippen LogP contribution in [0.25, 0.3) is 0 Å². The van der Waals surface area contributed by atoms with Crippen molar-refractivity contribution in [2.45, 2.75) is 18.0 Å². The van der Waals surface area contributed by atoms with Crippen LogP contribution in [0.4, 0.5) is 5.82 Å². The first kappa shape index (κ1) is 13.4. The molecule has 18 heavy (non-hydrogen) atoms. The monoisotopic (exact) mass is 287 g/mol.